The highest BCUT2D eigenvalue weighted by atomic mass is 79.9. The molecule has 32 heavy (non-hydrogen) atoms. The third-order valence-corrected chi connectivity index (χ3v) is 6.20. The molecule has 3 atom stereocenters. The Labute approximate surface area is 195 Å². The van der Waals surface area contributed by atoms with Gasteiger partial charge in [-0.3, -0.25) is 19.7 Å². The maximum Gasteiger partial charge on any atom is 0.326 e. The standard InChI is InChI=1S/C24H26BrNO6/c1-4-31-22(28)24(23(29)32-5-2)18(15-11-13-17(25)14-12-15)19(21(27)30-3)26-20(24)16-9-7-6-8-10-16/h6-14,18-20,26H,4-5H2,1-3H3/t18-,19+,20+/m1/s1. The van der Waals surface area contributed by atoms with Gasteiger partial charge in [-0.1, -0.05) is 58.4 Å². The molecule has 0 aliphatic carbocycles. The summed E-state index contributed by atoms with van der Waals surface area (Å²) in [6.07, 6.45) is 0. The molecule has 0 saturated carbocycles. The zero-order valence-corrected chi connectivity index (χ0v) is 19.8. The maximum absolute atomic E-state index is 13.7. The molecule has 1 N–H and O–H groups in total. The summed E-state index contributed by atoms with van der Waals surface area (Å²) >= 11 is 3.41. The number of hydrogen-bond donors (Lipinski definition) is 1. The van der Waals surface area contributed by atoms with Crippen LogP contribution >= 0.6 is 15.9 Å². The average molecular weight is 504 g/mol. The van der Waals surface area contributed by atoms with E-state index in [1.807, 2.05) is 6.07 Å². The number of nitrogens with one attached hydrogen (secondary N) is 1. The van der Waals surface area contributed by atoms with Gasteiger partial charge >= 0.3 is 17.9 Å². The molecule has 0 unspecified atom stereocenters. The lowest BCUT2D eigenvalue weighted by atomic mass is 9.66. The van der Waals surface area contributed by atoms with Gasteiger partial charge < -0.3 is 14.2 Å². The summed E-state index contributed by atoms with van der Waals surface area (Å²) < 4.78 is 16.8. The molecule has 170 valence electrons. The van der Waals surface area contributed by atoms with Crippen molar-refractivity contribution in [1.82, 2.24) is 5.32 Å². The van der Waals surface area contributed by atoms with Crippen LogP contribution in [-0.2, 0) is 28.6 Å². The van der Waals surface area contributed by atoms with Crippen molar-refractivity contribution in [2.75, 3.05) is 20.3 Å². The van der Waals surface area contributed by atoms with Gasteiger partial charge in [0.2, 0.25) is 0 Å². The van der Waals surface area contributed by atoms with Crippen LogP contribution < -0.4 is 5.32 Å². The molecule has 1 aliphatic heterocycles. The van der Waals surface area contributed by atoms with Crippen molar-refractivity contribution in [3.05, 3.63) is 70.2 Å². The van der Waals surface area contributed by atoms with Crippen LogP contribution in [0.5, 0.6) is 0 Å². The highest BCUT2D eigenvalue weighted by molar-refractivity contribution is 9.10. The predicted octanol–water partition coefficient (Wildman–Crippen LogP) is 3.53. The van der Waals surface area contributed by atoms with Crippen LogP contribution in [-0.4, -0.2) is 44.3 Å². The summed E-state index contributed by atoms with van der Waals surface area (Å²) in [5.41, 5.74) is -0.585. The van der Waals surface area contributed by atoms with Crippen molar-refractivity contribution in [3.8, 4) is 0 Å². The molecule has 0 amide bonds. The molecular formula is C24H26BrNO6. The van der Waals surface area contributed by atoms with Gasteiger partial charge in [-0.2, -0.15) is 0 Å². The van der Waals surface area contributed by atoms with Gasteiger partial charge in [-0.25, -0.2) is 0 Å². The second kappa shape index (κ2) is 10.3. The molecule has 1 fully saturated rings. The van der Waals surface area contributed by atoms with E-state index >= 15 is 0 Å². The Bertz CT molecular complexity index is 944. The first kappa shape index (κ1) is 23.9. The van der Waals surface area contributed by atoms with Crippen molar-refractivity contribution in [2.24, 2.45) is 5.41 Å². The summed E-state index contributed by atoms with van der Waals surface area (Å²) in [7, 11) is 1.27. The number of carbonyl (C=O) groups is 3. The molecule has 0 spiro atoms. The smallest absolute Gasteiger partial charge is 0.326 e. The third-order valence-electron chi connectivity index (χ3n) is 5.67. The molecule has 1 saturated heterocycles. The number of esters is 3. The van der Waals surface area contributed by atoms with E-state index in [1.165, 1.54) is 7.11 Å². The van der Waals surface area contributed by atoms with E-state index in [0.29, 0.717) is 11.1 Å². The van der Waals surface area contributed by atoms with Crippen molar-refractivity contribution in [2.45, 2.75) is 31.8 Å². The zero-order valence-electron chi connectivity index (χ0n) is 18.2. The molecule has 0 aromatic heterocycles. The molecule has 7 nitrogen and oxygen atoms in total. The topological polar surface area (TPSA) is 90.9 Å². The number of methoxy groups -OCH3 is 1. The van der Waals surface area contributed by atoms with Crippen molar-refractivity contribution >= 4 is 33.8 Å². The van der Waals surface area contributed by atoms with Crippen molar-refractivity contribution < 1.29 is 28.6 Å². The minimum Gasteiger partial charge on any atom is -0.468 e. The predicted molar refractivity (Wildman–Crippen MR) is 121 cm³/mol. The Morgan fingerprint density at radius 2 is 1.47 bits per heavy atom. The molecule has 8 heteroatoms. The number of benzene rings is 2. The van der Waals surface area contributed by atoms with Crippen molar-refractivity contribution in [1.29, 1.82) is 0 Å². The van der Waals surface area contributed by atoms with Gasteiger partial charge in [0.15, 0.2) is 5.41 Å². The van der Waals surface area contributed by atoms with Crippen LogP contribution in [0, 0.1) is 5.41 Å². The van der Waals surface area contributed by atoms with Crippen molar-refractivity contribution in [3.63, 3.8) is 0 Å². The molecule has 0 radical (unpaired) electrons. The first-order valence-electron chi connectivity index (χ1n) is 10.4. The van der Waals surface area contributed by atoms with Gasteiger partial charge in [-0.05, 0) is 37.1 Å². The molecule has 2 aromatic carbocycles. The van der Waals surface area contributed by atoms with E-state index in [-0.39, 0.29) is 13.2 Å². The number of hydrogen-bond acceptors (Lipinski definition) is 7. The molecule has 2 aromatic rings. The van der Waals surface area contributed by atoms with E-state index in [1.54, 1.807) is 62.4 Å². The summed E-state index contributed by atoms with van der Waals surface area (Å²) in [4.78, 5) is 40.2. The van der Waals surface area contributed by atoms with Gasteiger partial charge in [0.1, 0.15) is 6.04 Å². The van der Waals surface area contributed by atoms with Crippen LogP contribution in [0.4, 0.5) is 0 Å². The lowest BCUT2D eigenvalue weighted by Crippen LogP contribution is -2.49. The third kappa shape index (κ3) is 4.17. The van der Waals surface area contributed by atoms with Crippen LogP contribution in [0.15, 0.2) is 59.1 Å². The molecule has 1 aliphatic rings. The average Bonchev–Trinajstić information content (AvgIpc) is 3.17. The van der Waals surface area contributed by atoms with E-state index < -0.39 is 41.3 Å². The summed E-state index contributed by atoms with van der Waals surface area (Å²) in [5.74, 6) is -3.01. The summed E-state index contributed by atoms with van der Waals surface area (Å²) in [6, 6.07) is 14.3. The van der Waals surface area contributed by atoms with Crippen LogP contribution in [0.3, 0.4) is 0 Å². The first-order chi connectivity index (χ1) is 15.4. The van der Waals surface area contributed by atoms with E-state index in [0.717, 1.165) is 4.47 Å². The Kier molecular flexibility index (Phi) is 7.69. The fourth-order valence-corrected chi connectivity index (χ4v) is 4.65. The Morgan fingerprint density at radius 1 is 0.906 bits per heavy atom. The number of rotatable bonds is 7. The largest absolute Gasteiger partial charge is 0.468 e. The zero-order chi connectivity index (χ0) is 23.3. The fraction of sp³-hybridized carbons (Fsp3) is 0.375. The fourth-order valence-electron chi connectivity index (χ4n) is 4.38. The normalized spacial score (nSPS) is 21.6. The van der Waals surface area contributed by atoms with Gasteiger partial charge in [0.05, 0.1) is 26.4 Å². The lowest BCUT2D eigenvalue weighted by molar-refractivity contribution is -0.174. The number of ether oxygens (including phenoxy) is 3. The number of halogens is 1. The second-order valence-electron chi connectivity index (χ2n) is 7.35. The van der Waals surface area contributed by atoms with E-state index in [2.05, 4.69) is 21.2 Å². The van der Waals surface area contributed by atoms with Crippen LogP contribution in [0.1, 0.15) is 36.9 Å². The van der Waals surface area contributed by atoms with Crippen LogP contribution in [0.2, 0.25) is 0 Å². The summed E-state index contributed by atoms with van der Waals surface area (Å²) in [6.45, 7) is 3.47. The van der Waals surface area contributed by atoms with Gasteiger partial charge in [0, 0.05) is 10.4 Å². The lowest BCUT2D eigenvalue weighted by Gasteiger charge is -2.35. The molecule has 3 rings (SSSR count). The monoisotopic (exact) mass is 503 g/mol. The molecular weight excluding hydrogens is 478 g/mol. The minimum atomic E-state index is -1.85. The number of carbonyl (C=O) groups excluding carboxylic acids is 3. The Hall–Kier alpha value is -2.71. The highest BCUT2D eigenvalue weighted by Crippen LogP contribution is 2.55. The Morgan fingerprint density at radius 3 is 1.97 bits per heavy atom. The minimum absolute atomic E-state index is 0.0669. The molecule has 0 bridgehead atoms. The van der Waals surface area contributed by atoms with Crippen LogP contribution in [0.25, 0.3) is 0 Å². The Balaban J connectivity index is 2.34. The SMILES string of the molecule is CCOC(=O)C1(C(=O)OCC)[C@H](c2ccc(Br)cc2)[C@@H](C(=O)OC)N[C@H]1c1ccccc1. The molecule has 1 heterocycles. The second-order valence-corrected chi connectivity index (χ2v) is 8.27. The first-order valence-corrected chi connectivity index (χ1v) is 11.2. The summed E-state index contributed by atoms with van der Waals surface area (Å²) in [5, 5.41) is 3.20. The maximum atomic E-state index is 13.7. The van der Waals surface area contributed by atoms with E-state index in [9.17, 15) is 14.4 Å². The highest BCUT2D eigenvalue weighted by Gasteiger charge is 2.69. The quantitative estimate of drug-likeness (QED) is 0.351. The van der Waals surface area contributed by atoms with E-state index in [4.69, 9.17) is 14.2 Å². The van der Waals surface area contributed by atoms with Gasteiger partial charge in [0.25, 0.3) is 0 Å². The van der Waals surface area contributed by atoms with Gasteiger partial charge in [-0.15, -0.1) is 0 Å².